The largest absolute Gasteiger partial charge is 0.396 e. The standard InChI is InChI=1S/C26H27ClN4O2/c1-2-33-30-25(24-8-7-22(27)15-29-24)20-5-3-19(4-6-20)17-31-13-10-26(11-14-31)23-16-28-12-9-21(23)18-32-26/h3-9,12,15-16H,2,10-11,13-14,17-18H2,1H3. The summed E-state index contributed by atoms with van der Waals surface area (Å²) in [5.74, 6) is 0. The van der Waals surface area contributed by atoms with E-state index in [4.69, 9.17) is 21.2 Å². The maximum absolute atomic E-state index is 6.27. The van der Waals surface area contributed by atoms with Gasteiger partial charge in [-0.2, -0.15) is 0 Å². The van der Waals surface area contributed by atoms with Crippen LogP contribution in [0.2, 0.25) is 5.02 Å². The molecule has 0 bridgehead atoms. The first-order valence-corrected chi connectivity index (χ1v) is 11.8. The van der Waals surface area contributed by atoms with Crippen LogP contribution in [0.5, 0.6) is 0 Å². The predicted molar refractivity (Wildman–Crippen MR) is 128 cm³/mol. The van der Waals surface area contributed by atoms with E-state index in [9.17, 15) is 0 Å². The summed E-state index contributed by atoms with van der Waals surface area (Å²) in [5, 5.41) is 4.89. The number of piperidine rings is 1. The van der Waals surface area contributed by atoms with Crippen LogP contribution < -0.4 is 0 Å². The Hall–Kier alpha value is -2.80. The van der Waals surface area contributed by atoms with Crippen LogP contribution in [0.25, 0.3) is 0 Å². The Kier molecular flexibility index (Phi) is 6.40. The van der Waals surface area contributed by atoms with Crippen LogP contribution in [0.3, 0.4) is 0 Å². The van der Waals surface area contributed by atoms with E-state index in [1.54, 1.807) is 6.20 Å². The molecule has 0 saturated carbocycles. The highest BCUT2D eigenvalue weighted by atomic mass is 35.5. The summed E-state index contributed by atoms with van der Waals surface area (Å²) in [6.07, 6.45) is 7.47. The summed E-state index contributed by atoms with van der Waals surface area (Å²) in [5.41, 5.74) is 6.07. The van der Waals surface area contributed by atoms with Crippen molar-refractivity contribution in [3.05, 3.63) is 94.0 Å². The monoisotopic (exact) mass is 462 g/mol. The highest BCUT2D eigenvalue weighted by Crippen LogP contribution is 2.43. The number of oxime groups is 1. The number of hydrogen-bond donors (Lipinski definition) is 0. The molecule has 1 aromatic carbocycles. The molecule has 2 aliphatic rings. The van der Waals surface area contributed by atoms with Crippen molar-refractivity contribution >= 4 is 17.3 Å². The molecule has 7 heteroatoms. The molecule has 0 amide bonds. The fourth-order valence-electron chi connectivity index (χ4n) is 4.66. The van der Waals surface area contributed by atoms with Crippen molar-refractivity contribution in [1.29, 1.82) is 0 Å². The quantitative estimate of drug-likeness (QED) is 0.383. The van der Waals surface area contributed by atoms with Gasteiger partial charge < -0.3 is 9.57 Å². The van der Waals surface area contributed by atoms with Crippen molar-refractivity contribution in [2.24, 2.45) is 5.16 Å². The number of nitrogens with zero attached hydrogens (tertiary/aromatic N) is 4. The molecular weight excluding hydrogens is 436 g/mol. The molecule has 3 aromatic rings. The zero-order chi connectivity index (χ0) is 22.7. The Balaban J connectivity index is 1.25. The lowest BCUT2D eigenvalue weighted by Crippen LogP contribution is -2.42. The van der Waals surface area contributed by atoms with Crippen LogP contribution in [0.1, 0.15) is 47.7 Å². The van der Waals surface area contributed by atoms with Gasteiger partial charge in [-0.05, 0) is 49.1 Å². The number of fused-ring (bicyclic) bond motifs is 2. The zero-order valence-corrected chi connectivity index (χ0v) is 19.5. The molecule has 33 heavy (non-hydrogen) atoms. The van der Waals surface area contributed by atoms with Gasteiger partial charge >= 0.3 is 0 Å². The zero-order valence-electron chi connectivity index (χ0n) is 18.7. The van der Waals surface area contributed by atoms with Gasteiger partial charge in [0.05, 0.1) is 22.9 Å². The molecule has 0 aliphatic carbocycles. The second kappa shape index (κ2) is 9.59. The Labute approximate surface area is 199 Å². The first-order chi connectivity index (χ1) is 16.2. The van der Waals surface area contributed by atoms with Crippen molar-refractivity contribution < 1.29 is 9.57 Å². The summed E-state index contributed by atoms with van der Waals surface area (Å²) in [4.78, 5) is 16.6. The number of benzene rings is 1. The molecule has 1 fully saturated rings. The minimum Gasteiger partial charge on any atom is -0.396 e. The van der Waals surface area contributed by atoms with Gasteiger partial charge in [-0.25, -0.2) is 0 Å². The van der Waals surface area contributed by atoms with Gasteiger partial charge in [0.2, 0.25) is 0 Å². The van der Waals surface area contributed by atoms with Gasteiger partial charge in [-0.3, -0.25) is 14.9 Å². The predicted octanol–water partition coefficient (Wildman–Crippen LogP) is 4.94. The fourth-order valence-corrected chi connectivity index (χ4v) is 4.77. The summed E-state index contributed by atoms with van der Waals surface area (Å²) in [6.45, 7) is 6.02. The average Bonchev–Trinajstić information content (AvgIpc) is 3.21. The minimum atomic E-state index is -0.153. The lowest BCUT2D eigenvalue weighted by atomic mass is 9.84. The Morgan fingerprint density at radius 3 is 2.67 bits per heavy atom. The van der Waals surface area contributed by atoms with E-state index in [0.717, 1.165) is 43.7 Å². The van der Waals surface area contributed by atoms with Crippen LogP contribution in [-0.4, -0.2) is 40.3 Å². The molecule has 2 aliphatic heterocycles. The third-order valence-electron chi connectivity index (χ3n) is 6.46. The van der Waals surface area contributed by atoms with Crippen molar-refractivity contribution in [3.8, 4) is 0 Å². The van der Waals surface area contributed by atoms with Crippen molar-refractivity contribution in [1.82, 2.24) is 14.9 Å². The van der Waals surface area contributed by atoms with Gasteiger partial charge in [0.1, 0.15) is 12.3 Å². The van der Waals surface area contributed by atoms with Crippen molar-refractivity contribution in [2.75, 3.05) is 19.7 Å². The minimum absolute atomic E-state index is 0.153. The highest BCUT2D eigenvalue weighted by molar-refractivity contribution is 6.30. The van der Waals surface area contributed by atoms with E-state index in [2.05, 4.69) is 50.4 Å². The summed E-state index contributed by atoms with van der Waals surface area (Å²) < 4.78 is 6.27. The maximum atomic E-state index is 6.27. The lowest BCUT2D eigenvalue weighted by molar-refractivity contribution is -0.0800. The van der Waals surface area contributed by atoms with Gasteiger partial charge in [0.15, 0.2) is 0 Å². The van der Waals surface area contributed by atoms with Crippen LogP contribution in [0.15, 0.2) is 66.2 Å². The third kappa shape index (κ3) is 4.64. The number of rotatable bonds is 6. The molecule has 4 heterocycles. The smallest absolute Gasteiger partial charge is 0.135 e. The summed E-state index contributed by atoms with van der Waals surface area (Å²) in [7, 11) is 0. The molecule has 1 spiro atoms. The van der Waals surface area contributed by atoms with Crippen LogP contribution in [0.4, 0.5) is 0 Å². The highest BCUT2D eigenvalue weighted by Gasteiger charge is 2.42. The summed E-state index contributed by atoms with van der Waals surface area (Å²) in [6, 6.07) is 14.2. The Bertz CT molecular complexity index is 1120. The van der Waals surface area contributed by atoms with E-state index in [-0.39, 0.29) is 5.60 Å². The van der Waals surface area contributed by atoms with Crippen LogP contribution >= 0.6 is 11.6 Å². The maximum Gasteiger partial charge on any atom is 0.135 e. The Morgan fingerprint density at radius 1 is 1.12 bits per heavy atom. The molecule has 1 saturated heterocycles. The van der Waals surface area contributed by atoms with Crippen molar-refractivity contribution in [2.45, 2.75) is 38.5 Å². The first kappa shape index (κ1) is 22.0. The van der Waals surface area contributed by atoms with Gasteiger partial charge in [0, 0.05) is 49.4 Å². The average molecular weight is 463 g/mol. The van der Waals surface area contributed by atoms with E-state index in [1.165, 1.54) is 16.7 Å². The van der Waals surface area contributed by atoms with Crippen molar-refractivity contribution in [3.63, 3.8) is 0 Å². The molecule has 0 radical (unpaired) electrons. The second-order valence-electron chi connectivity index (χ2n) is 8.51. The fraction of sp³-hybridized carbons (Fsp3) is 0.346. The number of likely N-dealkylation sites (tertiary alicyclic amines) is 1. The molecule has 170 valence electrons. The number of halogens is 1. The molecule has 0 atom stereocenters. The number of hydrogen-bond acceptors (Lipinski definition) is 6. The van der Waals surface area contributed by atoms with Gasteiger partial charge in [-0.1, -0.05) is 41.0 Å². The molecular formula is C26H27ClN4O2. The normalized spacial score (nSPS) is 17.8. The summed E-state index contributed by atoms with van der Waals surface area (Å²) >= 11 is 6.00. The van der Waals surface area contributed by atoms with E-state index < -0.39 is 0 Å². The number of ether oxygens (including phenoxy) is 1. The SMILES string of the molecule is CCON=C(c1ccc(CN2CCC3(CC2)OCc2ccncc23)cc1)c1ccc(Cl)cn1. The van der Waals surface area contributed by atoms with Gasteiger partial charge in [-0.15, -0.1) is 0 Å². The van der Waals surface area contributed by atoms with E-state index in [0.29, 0.717) is 23.9 Å². The van der Waals surface area contributed by atoms with Crippen LogP contribution in [-0.2, 0) is 28.3 Å². The van der Waals surface area contributed by atoms with Gasteiger partial charge in [0.25, 0.3) is 0 Å². The number of pyridine rings is 2. The number of aromatic nitrogens is 2. The Morgan fingerprint density at radius 2 is 1.94 bits per heavy atom. The molecule has 0 N–H and O–H groups in total. The van der Waals surface area contributed by atoms with Crippen LogP contribution in [0, 0.1) is 0 Å². The topological polar surface area (TPSA) is 59.8 Å². The molecule has 2 aromatic heterocycles. The first-order valence-electron chi connectivity index (χ1n) is 11.4. The molecule has 6 nitrogen and oxygen atoms in total. The van der Waals surface area contributed by atoms with E-state index in [1.807, 2.05) is 31.5 Å². The molecule has 0 unspecified atom stereocenters. The second-order valence-corrected chi connectivity index (χ2v) is 8.94. The molecule has 5 rings (SSSR count). The lowest BCUT2D eigenvalue weighted by Gasteiger charge is -2.39. The van der Waals surface area contributed by atoms with E-state index >= 15 is 0 Å². The third-order valence-corrected chi connectivity index (χ3v) is 6.68.